The summed E-state index contributed by atoms with van der Waals surface area (Å²) in [6.07, 6.45) is 3.74. The lowest BCUT2D eigenvalue weighted by Crippen LogP contribution is -2.55. The molecule has 3 fully saturated rings. The van der Waals surface area contributed by atoms with Crippen LogP contribution in [-0.2, 0) is 9.59 Å². The first-order chi connectivity index (χ1) is 15.3. The molecule has 1 aromatic rings. The fraction of sp³-hybridized carbons (Fsp3) is 0.640. The van der Waals surface area contributed by atoms with E-state index in [1.54, 1.807) is 0 Å². The topological polar surface area (TPSA) is 73.0 Å². The van der Waals surface area contributed by atoms with Gasteiger partial charge in [0.1, 0.15) is 5.54 Å². The molecule has 7 nitrogen and oxygen atoms in total. The van der Waals surface area contributed by atoms with E-state index in [1.165, 1.54) is 10.5 Å². The highest BCUT2D eigenvalue weighted by Gasteiger charge is 2.54. The molecule has 1 N–H and O–H groups in total. The first kappa shape index (κ1) is 22.8. The third-order valence-electron chi connectivity index (χ3n) is 7.53. The molecule has 0 saturated carbocycles. The molecule has 4 rings (SSSR count). The third-order valence-corrected chi connectivity index (χ3v) is 7.53. The van der Waals surface area contributed by atoms with Gasteiger partial charge in [-0.25, -0.2) is 4.79 Å². The summed E-state index contributed by atoms with van der Waals surface area (Å²) in [5.74, 6) is -0.138. The van der Waals surface area contributed by atoms with Gasteiger partial charge in [0.05, 0.1) is 5.92 Å². The summed E-state index contributed by atoms with van der Waals surface area (Å²) in [5.41, 5.74) is 1.47. The van der Waals surface area contributed by atoms with Gasteiger partial charge in [0.25, 0.3) is 5.91 Å². The molecule has 7 heteroatoms. The SMILES string of the molecule is CCCN1CCC2(CC1)NC(=O)N(C1CCN(C(=O)[C@@H](C)c3ccc(C)cc3)CC1)C2=O. The number of amides is 4. The molecule has 1 atom stereocenters. The lowest BCUT2D eigenvalue weighted by atomic mass is 9.87. The number of hydrogen-bond donors (Lipinski definition) is 1. The van der Waals surface area contributed by atoms with Gasteiger partial charge >= 0.3 is 6.03 Å². The number of benzene rings is 1. The number of hydrogen-bond acceptors (Lipinski definition) is 4. The number of imide groups is 1. The molecule has 3 saturated heterocycles. The average molecular weight is 441 g/mol. The highest BCUT2D eigenvalue weighted by molar-refractivity contribution is 6.07. The maximum Gasteiger partial charge on any atom is 0.325 e. The van der Waals surface area contributed by atoms with Crippen molar-refractivity contribution in [1.29, 1.82) is 0 Å². The predicted octanol–water partition coefficient (Wildman–Crippen LogP) is 2.89. The first-order valence-electron chi connectivity index (χ1n) is 12.1. The monoisotopic (exact) mass is 440 g/mol. The van der Waals surface area contributed by atoms with Crippen molar-refractivity contribution in [2.75, 3.05) is 32.7 Å². The van der Waals surface area contributed by atoms with E-state index in [0.717, 1.165) is 31.6 Å². The van der Waals surface area contributed by atoms with E-state index >= 15 is 0 Å². The highest BCUT2D eigenvalue weighted by atomic mass is 16.2. The zero-order valence-corrected chi connectivity index (χ0v) is 19.6. The minimum Gasteiger partial charge on any atom is -0.342 e. The molecule has 3 heterocycles. The van der Waals surface area contributed by atoms with Crippen molar-refractivity contribution < 1.29 is 14.4 Å². The fourth-order valence-electron chi connectivity index (χ4n) is 5.40. The second-order valence-corrected chi connectivity index (χ2v) is 9.72. The molecular formula is C25H36N4O3. The number of rotatable bonds is 5. The largest absolute Gasteiger partial charge is 0.342 e. The number of carbonyl (C=O) groups excluding carboxylic acids is 3. The van der Waals surface area contributed by atoms with Crippen LogP contribution in [0, 0.1) is 6.92 Å². The summed E-state index contributed by atoms with van der Waals surface area (Å²) in [4.78, 5) is 44.9. The Morgan fingerprint density at radius 1 is 1.09 bits per heavy atom. The zero-order valence-electron chi connectivity index (χ0n) is 19.6. The van der Waals surface area contributed by atoms with Crippen molar-refractivity contribution in [3.05, 3.63) is 35.4 Å². The molecule has 1 aromatic carbocycles. The Hall–Kier alpha value is -2.41. The van der Waals surface area contributed by atoms with Gasteiger partial charge in [-0.2, -0.15) is 0 Å². The Morgan fingerprint density at radius 3 is 2.31 bits per heavy atom. The zero-order chi connectivity index (χ0) is 22.9. The second kappa shape index (κ2) is 9.22. The summed E-state index contributed by atoms with van der Waals surface area (Å²) in [7, 11) is 0. The Morgan fingerprint density at radius 2 is 1.72 bits per heavy atom. The minimum atomic E-state index is -0.728. The molecule has 1 spiro atoms. The Balaban J connectivity index is 1.35. The van der Waals surface area contributed by atoms with Crippen molar-refractivity contribution in [3.8, 4) is 0 Å². The summed E-state index contributed by atoms with van der Waals surface area (Å²) in [5, 5.41) is 3.04. The highest BCUT2D eigenvalue weighted by Crippen LogP contribution is 2.33. The van der Waals surface area contributed by atoms with Crippen molar-refractivity contribution in [2.45, 2.75) is 70.4 Å². The van der Waals surface area contributed by atoms with E-state index in [1.807, 2.05) is 43.0 Å². The van der Waals surface area contributed by atoms with Crippen LogP contribution in [0.2, 0.25) is 0 Å². The smallest absolute Gasteiger partial charge is 0.325 e. The Bertz CT molecular complexity index is 852. The van der Waals surface area contributed by atoms with E-state index in [4.69, 9.17) is 0 Å². The van der Waals surface area contributed by atoms with Crippen LogP contribution in [0.15, 0.2) is 24.3 Å². The maximum atomic E-state index is 13.3. The molecule has 3 aliphatic rings. The predicted molar refractivity (Wildman–Crippen MR) is 123 cm³/mol. The van der Waals surface area contributed by atoms with E-state index in [-0.39, 0.29) is 29.8 Å². The van der Waals surface area contributed by atoms with Gasteiger partial charge in [-0.1, -0.05) is 36.8 Å². The van der Waals surface area contributed by atoms with Crippen molar-refractivity contribution in [3.63, 3.8) is 0 Å². The van der Waals surface area contributed by atoms with E-state index in [2.05, 4.69) is 17.1 Å². The van der Waals surface area contributed by atoms with Gasteiger partial charge < -0.3 is 15.1 Å². The molecule has 3 aliphatic heterocycles. The number of nitrogens with one attached hydrogen (secondary N) is 1. The molecule has 0 aromatic heterocycles. The van der Waals surface area contributed by atoms with Gasteiger partial charge in [-0.3, -0.25) is 14.5 Å². The Kier molecular flexibility index (Phi) is 6.56. The van der Waals surface area contributed by atoms with Gasteiger partial charge in [0.15, 0.2) is 0 Å². The van der Waals surface area contributed by atoms with E-state index in [0.29, 0.717) is 38.8 Å². The molecule has 0 unspecified atom stereocenters. The lowest BCUT2D eigenvalue weighted by molar-refractivity contribution is -0.137. The first-order valence-corrected chi connectivity index (χ1v) is 12.1. The average Bonchev–Trinajstić information content (AvgIpc) is 3.04. The van der Waals surface area contributed by atoms with Crippen molar-refractivity contribution in [1.82, 2.24) is 20.0 Å². The summed E-state index contributed by atoms with van der Waals surface area (Å²) < 4.78 is 0. The molecule has 0 bridgehead atoms. The van der Waals surface area contributed by atoms with Crippen molar-refractivity contribution in [2.24, 2.45) is 0 Å². The van der Waals surface area contributed by atoms with Crippen LogP contribution in [0.1, 0.15) is 63.0 Å². The van der Waals surface area contributed by atoms with Gasteiger partial charge in [0, 0.05) is 32.2 Å². The summed E-state index contributed by atoms with van der Waals surface area (Å²) >= 11 is 0. The minimum absolute atomic E-state index is 0.0588. The molecule has 32 heavy (non-hydrogen) atoms. The molecule has 0 aliphatic carbocycles. The van der Waals surface area contributed by atoms with Crippen LogP contribution in [0.4, 0.5) is 4.79 Å². The second-order valence-electron chi connectivity index (χ2n) is 9.72. The summed E-state index contributed by atoms with van der Waals surface area (Å²) in [6.45, 7) is 10.0. The quantitative estimate of drug-likeness (QED) is 0.715. The fourth-order valence-corrected chi connectivity index (χ4v) is 5.40. The normalized spacial score (nSPS) is 23.0. The maximum absolute atomic E-state index is 13.3. The van der Waals surface area contributed by atoms with Crippen molar-refractivity contribution >= 4 is 17.8 Å². The van der Waals surface area contributed by atoms with Crippen LogP contribution >= 0.6 is 0 Å². The number of likely N-dealkylation sites (tertiary alicyclic amines) is 2. The number of carbonyl (C=O) groups is 3. The number of nitrogens with zero attached hydrogens (tertiary/aromatic N) is 3. The van der Waals surface area contributed by atoms with Crippen LogP contribution in [0.3, 0.4) is 0 Å². The Labute approximate surface area is 191 Å². The standard InChI is InChI=1S/C25H36N4O3/c1-4-13-27-16-11-25(12-17-27)23(31)29(24(32)26-25)21-9-14-28(15-10-21)22(30)19(3)20-7-5-18(2)6-8-20/h5-8,19,21H,4,9-17H2,1-3H3,(H,26,32)/t19-/m0/s1. The number of piperidine rings is 2. The van der Waals surface area contributed by atoms with Gasteiger partial charge in [-0.15, -0.1) is 0 Å². The van der Waals surface area contributed by atoms with Gasteiger partial charge in [0.2, 0.25) is 5.91 Å². The van der Waals surface area contributed by atoms with E-state index < -0.39 is 5.54 Å². The van der Waals surface area contributed by atoms with Crippen LogP contribution in [0.25, 0.3) is 0 Å². The van der Waals surface area contributed by atoms with Crippen LogP contribution in [0.5, 0.6) is 0 Å². The molecule has 0 radical (unpaired) electrons. The number of urea groups is 1. The summed E-state index contributed by atoms with van der Waals surface area (Å²) in [6, 6.07) is 7.72. The van der Waals surface area contributed by atoms with Crippen LogP contribution in [-0.4, -0.2) is 76.8 Å². The molecule has 174 valence electrons. The van der Waals surface area contributed by atoms with E-state index in [9.17, 15) is 14.4 Å². The third kappa shape index (κ3) is 4.27. The van der Waals surface area contributed by atoms with Crippen LogP contribution < -0.4 is 5.32 Å². The lowest BCUT2D eigenvalue weighted by Gasteiger charge is -2.39. The van der Waals surface area contributed by atoms with Gasteiger partial charge in [-0.05, 0) is 58.1 Å². The molecular weight excluding hydrogens is 404 g/mol. The molecule has 4 amide bonds. The number of aryl methyl sites for hydroxylation is 1.